The van der Waals surface area contributed by atoms with Gasteiger partial charge in [0.05, 0.1) is 19.8 Å². The van der Waals surface area contributed by atoms with E-state index < -0.39 is 210 Å². The van der Waals surface area contributed by atoms with Gasteiger partial charge in [-0.15, -0.1) is 9.42 Å². The molecule has 0 radical (unpaired) electrons. The van der Waals surface area contributed by atoms with Crippen molar-refractivity contribution in [2.45, 2.75) is 127 Å². The predicted octanol–water partition coefficient (Wildman–Crippen LogP) is -1.78. The van der Waals surface area contributed by atoms with Crippen molar-refractivity contribution < 1.29 is 107 Å². The number of ether oxygens (including phenoxy) is 4. The molecule has 10 N–H and O–H groups in total. The lowest BCUT2D eigenvalue weighted by atomic mass is 10.2. The number of nitrogens with one attached hydrogen (secondary N) is 4. The Balaban J connectivity index is 0.988. The van der Waals surface area contributed by atoms with Crippen molar-refractivity contribution in [3.05, 3.63) is 130 Å². The van der Waals surface area contributed by atoms with Crippen LogP contribution in [0.5, 0.6) is 0 Å². The van der Waals surface area contributed by atoms with Crippen molar-refractivity contribution in [3.8, 4) is 0 Å². The highest BCUT2D eigenvalue weighted by molar-refractivity contribution is 7.48. The third kappa shape index (κ3) is 16.1. The number of hydrogen-bond donors (Lipinski definition) is 10. The van der Waals surface area contributed by atoms with Crippen molar-refractivity contribution >= 4 is 39.5 Å². The number of aromatic amines is 4. The Kier molecular flexibility index (Phi) is 19.9. The molecular weight excluding hydrogens is 1240 g/mol. The number of rotatable bonds is 24. The van der Waals surface area contributed by atoms with Gasteiger partial charge in [0, 0.05) is 77.3 Å². The molecule has 4 unspecified atom stereocenters. The molecule has 8 heterocycles. The van der Waals surface area contributed by atoms with E-state index in [1.165, 1.54) is 27.7 Å². The standard InChI is InChI=1S/C40H53N8O31P5/c1-17-9-45(37(53)41-33(17)49)29-5-21(76-81(59,60)61)26(73-29)14-69-83(64,65)78-23-7-31(47-11-19(3)35(51)43-39(47)55)75-28(23)16-71-84(66,67)79-24-8-32(48-12-20(4)36(52)44-40(48)56)74-27(24)15-70-82(62,63)77-22-6-30(72-25(22)13-68-80(57)58)46-10-18(2)34(50)42-38(46)54/h9-12,21-32H,5-8,13-16H2,1-4H3,(H9-,41,42,43,44,49,50,51,52,53,54,55,56,57,58,59,60,61,62,63,64,65,66,67)/p+1/t21-,22-,23-,24-,25+,26+,27+,28+,29+,30+,31+,32+/m0/s1. The first-order chi connectivity index (χ1) is 39.1. The molecule has 4 fully saturated rings. The zero-order valence-electron chi connectivity index (χ0n) is 43.8. The van der Waals surface area contributed by atoms with Gasteiger partial charge in [-0.25, -0.2) is 37.4 Å². The van der Waals surface area contributed by atoms with Crippen molar-refractivity contribution in [2.75, 3.05) is 26.4 Å². The maximum absolute atomic E-state index is 13.9. The number of aryl methyl sites for hydroxylation is 4. The molecule has 0 amide bonds. The highest BCUT2D eigenvalue weighted by Crippen LogP contribution is 2.54. The van der Waals surface area contributed by atoms with E-state index in [9.17, 15) is 90.5 Å². The molecule has 16 atom stereocenters. The molecule has 0 bridgehead atoms. The summed E-state index contributed by atoms with van der Waals surface area (Å²) in [5.74, 6) is 0. The predicted molar refractivity (Wildman–Crippen MR) is 273 cm³/mol. The number of phosphoric ester groups is 4. The van der Waals surface area contributed by atoms with Crippen LogP contribution >= 0.6 is 39.5 Å². The van der Waals surface area contributed by atoms with E-state index >= 15 is 0 Å². The van der Waals surface area contributed by atoms with E-state index in [0.29, 0.717) is 0 Å². The minimum atomic E-state index is -5.54. The molecule has 0 saturated carbocycles. The van der Waals surface area contributed by atoms with Gasteiger partial charge in [-0.2, -0.15) is 0 Å². The normalized spacial score (nSPS) is 28.7. The van der Waals surface area contributed by atoms with Crippen LogP contribution in [0.25, 0.3) is 0 Å². The summed E-state index contributed by atoms with van der Waals surface area (Å²) >= 11 is 0. The lowest BCUT2D eigenvalue weighted by Gasteiger charge is -2.25. The zero-order chi connectivity index (χ0) is 61.5. The smallest absolute Gasteiger partial charge is 0.349 e. The molecule has 39 nitrogen and oxygen atoms in total. The second kappa shape index (κ2) is 25.8. The first-order valence-electron chi connectivity index (χ1n) is 24.5. The Labute approximate surface area is 467 Å². The summed E-state index contributed by atoms with van der Waals surface area (Å²) in [6.07, 6.45) is -16.7. The van der Waals surface area contributed by atoms with Crippen LogP contribution in [0.2, 0.25) is 0 Å². The van der Waals surface area contributed by atoms with E-state index in [4.69, 9.17) is 55.1 Å². The summed E-state index contributed by atoms with van der Waals surface area (Å²) in [6.45, 7) is 1.37. The molecule has 4 aromatic rings. The lowest BCUT2D eigenvalue weighted by Crippen LogP contribution is -2.33. The van der Waals surface area contributed by atoms with Crippen molar-refractivity contribution in [2.24, 2.45) is 0 Å². The molecular formula is C40H54N8O31P5+. The maximum atomic E-state index is 13.9. The molecule has 0 aromatic carbocycles. The highest BCUT2D eigenvalue weighted by atomic mass is 31.2. The molecule has 4 saturated heterocycles. The highest BCUT2D eigenvalue weighted by Gasteiger charge is 2.49. The van der Waals surface area contributed by atoms with Crippen LogP contribution in [0.4, 0.5) is 0 Å². The Bertz CT molecular complexity index is 3850. The van der Waals surface area contributed by atoms with Crippen LogP contribution in [-0.4, -0.2) is 143 Å². The van der Waals surface area contributed by atoms with E-state index in [0.717, 1.165) is 43.1 Å². The summed E-state index contributed by atoms with van der Waals surface area (Å²) in [5, 5.41) is 0. The van der Waals surface area contributed by atoms with Gasteiger partial charge in [0.1, 0.15) is 80.4 Å². The number of phosphoric acid groups is 4. The summed E-state index contributed by atoms with van der Waals surface area (Å²) in [6, 6.07) is 0. The maximum Gasteiger partial charge on any atom is 0.694 e. The number of nitrogens with zero attached hydrogens (tertiary/aromatic N) is 4. The van der Waals surface area contributed by atoms with Gasteiger partial charge in [-0.05, 0) is 27.7 Å². The SMILES string of the molecule is Cc1cn([C@H]2C[C@H](OP(=O)(O)O)[C@@H](COP(=O)(O)O[C@H]3C[C@H](n4cc(C)c(=O)[nH]c4=O)O[C@@H]3COP(=O)(O)O[C@H]3C[C@H](n4cc(C)c(=O)[nH]c4=O)O[C@@H]3COP(=O)(O)O[C@H]3C[C@H](n4cc(C)c(=O)[nH]c4=O)O[C@@H]3CO[P+](=O)O)O2)c(=O)[nH]c1=O. The topological polar surface area (TPSA) is 537 Å². The third-order valence-electron chi connectivity index (χ3n) is 13.2. The van der Waals surface area contributed by atoms with Crippen LogP contribution in [0.3, 0.4) is 0 Å². The fourth-order valence-corrected chi connectivity index (χ4v) is 12.9. The van der Waals surface area contributed by atoms with Gasteiger partial charge < -0.3 is 43.4 Å². The quantitative estimate of drug-likeness (QED) is 0.0347. The van der Waals surface area contributed by atoms with Crippen molar-refractivity contribution in [1.29, 1.82) is 0 Å². The van der Waals surface area contributed by atoms with Crippen LogP contribution in [0.1, 0.15) is 72.8 Å². The molecule has 84 heavy (non-hydrogen) atoms. The number of aromatic nitrogens is 8. The van der Waals surface area contributed by atoms with Gasteiger partial charge in [-0.1, -0.05) is 0 Å². The molecule has 4 aliphatic heterocycles. The molecule has 0 spiro atoms. The number of H-pyrrole nitrogens is 4. The fourth-order valence-electron chi connectivity index (χ4n) is 9.15. The fraction of sp³-hybridized carbons (Fsp3) is 0.600. The lowest BCUT2D eigenvalue weighted by molar-refractivity contribution is -0.0634. The van der Waals surface area contributed by atoms with Gasteiger partial charge in [0.25, 0.3) is 22.2 Å². The van der Waals surface area contributed by atoms with Crippen molar-refractivity contribution in [3.63, 3.8) is 0 Å². The summed E-state index contributed by atoms with van der Waals surface area (Å²) in [4.78, 5) is 170. The average Bonchev–Trinajstić information content (AvgIpc) is 4.40. The minimum Gasteiger partial charge on any atom is -0.349 e. The van der Waals surface area contributed by atoms with Crippen LogP contribution in [0.15, 0.2) is 63.1 Å². The molecule has 4 aromatic heterocycles. The van der Waals surface area contributed by atoms with Crippen LogP contribution in [-0.2, 0) is 78.0 Å². The first-order valence-corrected chi connectivity index (χ1v) is 31.7. The Hall–Kier alpha value is -4.98. The van der Waals surface area contributed by atoms with E-state index in [1.807, 2.05) is 15.0 Å². The van der Waals surface area contributed by atoms with Gasteiger partial charge in [0.2, 0.25) is 0 Å². The second-order valence-corrected chi connectivity index (χ2v) is 25.4. The average molecular weight is 1300 g/mol. The van der Waals surface area contributed by atoms with Gasteiger partial charge in [-0.3, -0.25) is 89.0 Å². The van der Waals surface area contributed by atoms with Gasteiger partial charge >= 0.3 is 62.3 Å². The molecule has 8 rings (SSSR count). The first kappa shape index (κ1) is 65.0. The summed E-state index contributed by atoms with van der Waals surface area (Å²) in [7, 11) is -25.0. The zero-order valence-corrected chi connectivity index (χ0v) is 48.3. The monoisotopic (exact) mass is 1300 g/mol. The largest absolute Gasteiger partial charge is 0.694 e. The van der Waals surface area contributed by atoms with Crippen LogP contribution in [0, 0.1) is 27.7 Å². The van der Waals surface area contributed by atoms with E-state index in [-0.39, 0.29) is 22.3 Å². The Morgan fingerprint density at radius 2 is 0.690 bits per heavy atom. The molecule has 4 aliphatic rings. The van der Waals surface area contributed by atoms with E-state index in [2.05, 4.69) is 4.98 Å². The van der Waals surface area contributed by atoms with E-state index in [1.54, 1.807) is 0 Å². The Morgan fingerprint density at radius 3 is 0.929 bits per heavy atom. The van der Waals surface area contributed by atoms with Gasteiger partial charge in [0.15, 0.2) is 0 Å². The third-order valence-corrected chi connectivity index (χ3v) is 17.1. The Morgan fingerprint density at radius 1 is 0.452 bits per heavy atom. The number of hydrogen-bond acceptors (Lipinski definition) is 25. The summed E-state index contributed by atoms with van der Waals surface area (Å²) in [5.41, 5.74) is -7.06. The molecule has 44 heteroatoms. The summed E-state index contributed by atoms with van der Waals surface area (Å²) < 4.78 is 133. The molecule has 0 aliphatic carbocycles. The molecule has 464 valence electrons. The van der Waals surface area contributed by atoms with Crippen molar-refractivity contribution in [1.82, 2.24) is 38.2 Å². The minimum absolute atomic E-state index is 0.0153. The second-order valence-electron chi connectivity index (χ2n) is 19.3. The van der Waals surface area contributed by atoms with Crippen LogP contribution < -0.4 is 45.0 Å².